The van der Waals surface area contributed by atoms with Crippen LogP contribution in [0.4, 0.5) is 11.4 Å². The van der Waals surface area contributed by atoms with Gasteiger partial charge in [0.05, 0.1) is 17.1 Å². The molecule has 0 fully saturated rings. The third-order valence-electron chi connectivity index (χ3n) is 13.6. The lowest BCUT2D eigenvalue weighted by atomic mass is 9.91. The number of hydrogen-bond acceptors (Lipinski definition) is 3. The molecule has 0 bridgehead atoms. The summed E-state index contributed by atoms with van der Waals surface area (Å²) in [6, 6.07) is 80.3. The fourth-order valence-electron chi connectivity index (χ4n) is 10.3. The summed E-state index contributed by atoms with van der Waals surface area (Å²) in [6.45, 7) is 0. The van der Waals surface area contributed by atoms with E-state index in [1.807, 2.05) is 0 Å². The molecule has 0 amide bonds. The van der Waals surface area contributed by atoms with Gasteiger partial charge < -0.3 is 13.7 Å². The number of fused-ring (bicyclic) bond motifs is 7. The van der Waals surface area contributed by atoms with Crippen molar-refractivity contribution in [2.45, 2.75) is 12.5 Å². The van der Waals surface area contributed by atoms with Crippen LogP contribution in [0, 0.1) is 0 Å². The van der Waals surface area contributed by atoms with Gasteiger partial charge in [-0.3, -0.25) is 0 Å². The molecular formula is C64H43NO2. The van der Waals surface area contributed by atoms with Crippen LogP contribution in [0.15, 0.2) is 252 Å². The van der Waals surface area contributed by atoms with Gasteiger partial charge in [0.15, 0.2) is 0 Å². The first kappa shape index (κ1) is 38.8. The molecule has 1 aliphatic carbocycles. The van der Waals surface area contributed by atoms with Crippen LogP contribution in [-0.2, 0) is 0 Å². The fourth-order valence-corrected chi connectivity index (χ4v) is 10.3. The second-order valence-electron chi connectivity index (χ2n) is 17.5. The minimum absolute atomic E-state index is 0.0105. The molecule has 0 saturated carbocycles. The van der Waals surface area contributed by atoms with Crippen LogP contribution >= 0.6 is 0 Å². The Labute approximate surface area is 388 Å². The maximum absolute atomic E-state index is 7.06. The zero-order valence-corrected chi connectivity index (χ0v) is 36.6. The van der Waals surface area contributed by atoms with Gasteiger partial charge in [-0.05, 0) is 128 Å². The summed E-state index contributed by atoms with van der Waals surface area (Å²) in [4.78, 5) is 2.52. The standard InChI is InChI=1S/C64H43NO2/c1-5-14-42(15-6-1)49-28-33-55-58-41-52(32-37-60(58)66-61(55)39-49)65(51-30-26-44(27-31-51)48-25-24-47-22-13-23-53(57(47)38-48)45-18-9-3-10-19-45)59-36-35-54(46-20-11-4-12-21-46)64-63(59)56-34-29-50(40-62(56)67-64)43-16-7-2-8-17-43/h1-30,32-41,51H,31H2. The first-order valence-corrected chi connectivity index (χ1v) is 23.1. The van der Waals surface area contributed by atoms with Crippen LogP contribution in [0.25, 0.3) is 105 Å². The minimum atomic E-state index is -0.0105. The molecular weight excluding hydrogens is 815 g/mol. The Kier molecular flexibility index (Phi) is 9.31. The first-order chi connectivity index (χ1) is 33.2. The molecule has 13 rings (SSSR count). The second-order valence-corrected chi connectivity index (χ2v) is 17.5. The van der Waals surface area contributed by atoms with Crippen molar-refractivity contribution in [2.24, 2.45) is 0 Å². The lowest BCUT2D eigenvalue weighted by Gasteiger charge is -2.34. The van der Waals surface area contributed by atoms with E-state index in [0.717, 1.165) is 89.5 Å². The van der Waals surface area contributed by atoms with Gasteiger partial charge in [-0.25, -0.2) is 0 Å². The Bertz CT molecular complexity index is 3880. The summed E-state index contributed by atoms with van der Waals surface area (Å²) in [5.74, 6) is 0. The third-order valence-corrected chi connectivity index (χ3v) is 13.6. The molecule has 2 aromatic heterocycles. The predicted molar refractivity (Wildman–Crippen MR) is 281 cm³/mol. The number of hydrogen-bond donors (Lipinski definition) is 0. The molecule has 67 heavy (non-hydrogen) atoms. The Morgan fingerprint density at radius 1 is 0.388 bits per heavy atom. The summed E-state index contributed by atoms with van der Waals surface area (Å²) in [7, 11) is 0. The highest BCUT2D eigenvalue weighted by molar-refractivity contribution is 6.17. The fraction of sp³-hybridized carbons (Fsp3) is 0.0312. The third kappa shape index (κ3) is 6.83. The van der Waals surface area contributed by atoms with E-state index >= 15 is 0 Å². The molecule has 1 aliphatic rings. The van der Waals surface area contributed by atoms with Crippen LogP contribution in [0.1, 0.15) is 12.0 Å². The van der Waals surface area contributed by atoms with Crippen molar-refractivity contribution < 1.29 is 8.83 Å². The van der Waals surface area contributed by atoms with Crippen LogP contribution in [0.3, 0.4) is 0 Å². The average Bonchev–Trinajstić information content (AvgIpc) is 3.98. The molecule has 1 unspecified atom stereocenters. The SMILES string of the molecule is C1=CC(N(c2ccc3oc4cc(-c5ccccc5)ccc4c3c2)c2ccc(-c3ccccc3)c3oc4cc(-c5ccccc5)ccc4c23)CC=C1c1ccc2cccc(-c3ccccc3)c2c1. The maximum atomic E-state index is 7.06. The van der Waals surface area contributed by atoms with Crippen molar-refractivity contribution in [3.63, 3.8) is 0 Å². The second kappa shape index (κ2) is 16.1. The van der Waals surface area contributed by atoms with Gasteiger partial charge in [0.2, 0.25) is 0 Å². The lowest BCUT2D eigenvalue weighted by molar-refractivity contribution is 0.668. The van der Waals surface area contributed by atoms with Gasteiger partial charge in [-0.2, -0.15) is 0 Å². The Hall–Kier alpha value is -8.66. The van der Waals surface area contributed by atoms with Crippen molar-refractivity contribution in [1.29, 1.82) is 0 Å². The largest absolute Gasteiger partial charge is 0.456 e. The molecule has 0 saturated heterocycles. The van der Waals surface area contributed by atoms with Gasteiger partial charge in [0.25, 0.3) is 0 Å². The molecule has 0 N–H and O–H groups in total. The summed E-state index contributed by atoms with van der Waals surface area (Å²) in [5, 5.41) is 6.84. The molecule has 2 heterocycles. The molecule has 12 aromatic rings. The van der Waals surface area contributed by atoms with Crippen molar-refractivity contribution in [2.75, 3.05) is 4.90 Å². The molecule has 3 heteroatoms. The van der Waals surface area contributed by atoms with Gasteiger partial charge in [0.1, 0.15) is 22.3 Å². The summed E-state index contributed by atoms with van der Waals surface area (Å²) >= 11 is 0. The zero-order valence-electron chi connectivity index (χ0n) is 36.6. The Balaban J connectivity index is 0.976. The predicted octanol–water partition coefficient (Wildman–Crippen LogP) is 17.9. The minimum Gasteiger partial charge on any atom is -0.456 e. The smallest absolute Gasteiger partial charge is 0.145 e. The molecule has 3 nitrogen and oxygen atoms in total. The molecule has 0 radical (unpaired) electrons. The molecule has 10 aromatic carbocycles. The molecule has 0 spiro atoms. The summed E-state index contributed by atoms with van der Waals surface area (Å²) in [6.07, 6.45) is 7.92. The molecule has 0 aliphatic heterocycles. The quantitative estimate of drug-likeness (QED) is 0.152. The highest BCUT2D eigenvalue weighted by atomic mass is 16.3. The van der Waals surface area contributed by atoms with Crippen molar-refractivity contribution in [1.82, 2.24) is 0 Å². The van der Waals surface area contributed by atoms with E-state index < -0.39 is 0 Å². The number of nitrogens with zero attached hydrogens (tertiary/aromatic N) is 1. The van der Waals surface area contributed by atoms with E-state index in [4.69, 9.17) is 8.83 Å². The lowest BCUT2D eigenvalue weighted by Crippen LogP contribution is -2.30. The van der Waals surface area contributed by atoms with E-state index in [-0.39, 0.29) is 6.04 Å². The average molecular weight is 858 g/mol. The van der Waals surface area contributed by atoms with Crippen molar-refractivity contribution in [3.05, 3.63) is 248 Å². The van der Waals surface area contributed by atoms with Crippen LogP contribution in [-0.4, -0.2) is 6.04 Å². The van der Waals surface area contributed by atoms with Gasteiger partial charge in [-0.1, -0.05) is 182 Å². The zero-order chi connectivity index (χ0) is 44.3. The van der Waals surface area contributed by atoms with E-state index in [2.05, 4.69) is 248 Å². The van der Waals surface area contributed by atoms with E-state index in [1.165, 1.54) is 38.6 Å². The number of allylic oxidation sites excluding steroid dienone is 2. The van der Waals surface area contributed by atoms with Gasteiger partial charge >= 0.3 is 0 Å². The first-order valence-electron chi connectivity index (χ1n) is 23.1. The van der Waals surface area contributed by atoms with Crippen LogP contribution < -0.4 is 4.90 Å². The van der Waals surface area contributed by atoms with Gasteiger partial charge in [0, 0.05) is 27.4 Å². The number of anilines is 2. The van der Waals surface area contributed by atoms with Crippen molar-refractivity contribution in [3.8, 4) is 44.5 Å². The topological polar surface area (TPSA) is 29.5 Å². The van der Waals surface area contributed by atoms with E-state index in [9.17, 15) is 0 Å². The summed E-state index contributed by atoms with van der Waals surface area (Å²) in [5.41, 5.74) is 17.3. The van der Waals surface area contributed by atoms with Crippen LogP contribution in [0.2, 0.25) is 0 Å². The highest BCUT2D eigenvalue weighted by Crippen LogP contribution is 2.47. The van der Waals surface area contributed by atoms with E-state index in [0.29, 0.717) is 0 Å². The van der Waals surface area contributed by atoms with E-state index in [1.54, 1.807) is 0 Å². The van der Waals surface area contributed by atoms with Crippen LogP contribution in [0.5, 0.6) is 0 Å². The van der Waals surface area contributed by atoms with Crippen molar-refractivity contribution >= 4 is 71.6 Å². The number of furan rings is 2. The molecule has 316 valence electrons. The molecule has 1 atom stereocenters. The normalized spacial score (nSPS) is 13.8. The number of rotatable bonds is 8. The maximum Gasteiger partial charge on any atom is 0.145 e. The monoisotopic (exact) mass is 857 g/mol. The summed E-state index contributed by atoms with van der Waals surface area (Å²) < 4.78 is 13.7. The highest BCUT2D eigenvalue weighted by Gasteiger charge is 2.27. The Morgan fingerprint density at radius 3 is 1.69 bits per heavy atom. The van der Waals surface area contributed by atoms with Gasteiger partial charge in [-0.15, -0.1) is 0 Å². The number of benzene rings is 10. The Morgan fingerprint density at radius 2 is 1.01 bits per heavy atom.